The van der Waals surface area contributed by atoms with Crippen molar-refractivity contribution >= 4 is 19.9 Å². The third kappa shape index (κ3) is 3.01. The molecule has 4 aliphatic rings. The highest BCUT2D eigenvalue weighted by atomic mass is 33.2. The van der Waals surface area contributed by atoms with E-state index in [-0.39, 0.29) is 0 Å². The van der Waals surface area contributed by atoms with Gasteiger partial charge in [0, 0.05) is 5.25 Å². The van der Waals surface area contributed by atoms with Crippen molar-refractivity contribution in [3.8, 4) is 0 Å². The molecule has 0 aromatic rings. The predicted octanol–water partition coefficient (Wildman–Crippen LogP) is 6.49. The van der Waals surface area contributed by atoms with Crippen LogP contribution in [0.3, 0.4) is 0 Å². The van der Waals surface area contributed by atoms with Crippen molar-refractivity contribution in [3.05, 3.63) is 0 Å². The summed E-state index contributed by atoms with van der Waals surface area (Å²) >= 11 is 0. The molecule has 22 heavy (non-hydrogen) atoms. The smallest absolute Gasteiger partial charge is 0.0167 e. The lowest BCUT2D eigenvalue weighted by atomic mass is 9.71. The Morgan fingerprint density at radius 1 is 0.773 bits per heavy atom. The van der Waals surface area contributed by atoms with Crippen LogP contribution >= 0.6 is 19.9 Å². The Balaban J connectivity index is 1.40. The standard InChI is InChI=1S/C20H36S2/c1-14-7-9-18(11-14)22(2,3)21-20-10-8-17-12-15-5-4-6-16(15)13-19(17)20/h14-20H,4-13H2,1-3H3. The lowest BCUT2D eigenvalue weighted by Crippen LogP contribution is -2.30. The Hall–Kier alpha value is 0.700. The molecule has 0 radical (unpaired) electrons. The molecule has 4 aliphatic carbocycles. The first-order chi connectivity index (χ1) is 10.5. The maximum Gasteiger partial charge on any atom is 0.0167 e. The predicted molar refractivity (Wildman–Crippen MR) is 104 cm³/mol. The Morgan fingerprint density at radius 3 is 2.27 bits per heavy atom. The lowest BCUT2D eigenvalue weighted by Gasteiger charge is -2.43. The van der Waals surface area contributed by atoms with Crippen molar-refractivity contribution < 1.29 is 0 Å². The molecule has 128 valence electrons. The number of hydrogen-bond donors (Lipinski definition) is 0. The van der Waals surface area contributed by atoms with Gasteiger partial charge in [0.1, 0.15) is 0 Å². The van der Waals surface area contributed by atoms with Gasteiger partial charge < -0.3 is 0 Å². The second-order valence-corrected chi connectivity index (χ2v) is 16.6. The highest BCUT2D eigenvalue weighted by Gasteiger charge is 2.47. The molecule has 4 saturated carbocycles. The fourth-order valence-corrected chi connectivity index (χ4v) is 13.0. The molecule has 7 unspecified atom stereocenters. The fraction of sp³-hybridized carbons (Fsp3) is 1.00. The first-order valence-electron chi connectivity index (χ1n) is 9.93. The molecule has 0 N–H and O–H groups in total. The molecular formula is C20H36S2. The summed E-state index contributed by atoms with van der Waals surface area (Å²) in [5.41, 5.74) is 0. The summed E-state index contributed by atoms with van der Waals surface area (Å²) < 4.78 is 0. The molecule has 7 atom stereocenters. The van der Waals surface area contributed by atoms with E-state index in [4.69, 9.17) is 0 Å². The van der Waals surface area contributed by atoms with Gasteiger partial charge >= 0.3 is 0 Å². The third-order valence-electron chi connectivity index (χ3n) is 7.72. The van der Waals surface area contributed by atoms with E-state index in [1.807, 2.05) is 0 Å². The van der Waals surface area contributed by atoms with E-state index >= 15 is 0 Å². The van der Waals surface area contributed by atoms with Gasteiger partial charge in [0.2, 0.25) is 0 Å². The fourth-order valence-electron chi connectivity index (χ4n) is 6.41. The van der Waals surface area contributed by atoms with Crippen LogP contribution in [0.15, 0.2) is 0 Å². The minimum absolute atomic E-state index is 0.432. The molecule has 0 aliphatic heterocycles. The molecule has 0 aromatic carbocycles. The highest BCUT2D eigenvalue weighted by molar-refractivity contribution is 8.94. The van der Waals surface area contributed by atoms with Gasteiger partial charge in [0.05, 0.1) is 0 Å². The van der Waals surface area contributed by atoms with Gasteiger partial charge in [-0.15, -0.1) is 10.8 Å². The maximum absolute atomic E-state index is 2.66. The topological polar surface area (TPSA) is 0 Å². The van der Waals surface area contributed by atoms with Crippen molar-refractivity contribution in [2.75, 3.05) is 12.5 Å². The van der Waals surface area contributed by atoms with Crippen LogP contribution in [0.1, 0.15) is 71.1 Å². The van der Waals surface area contributed by atoms with E-state index in [9.17, 15) is 0 Å². The third-order valence-corrected chi connectivity index (χ3v) is 14.1. The monoisotopic (exact) mass is 340 g/mol. The number of fused-ring (bicyclic) bond motifs is 2. The molecule has 0 heterocycles. The summed E-state index contributed by atoms with van der Waals surface area (Å²) in [6, 6.07) is 0. The van der Waals surface area contributed by atoms with Crippen LogP contribution in [-0.4, -0.2) is 23.0 Å². The van der Waals surface area contributed by atoms with Crippen molar-refractivity contribution in [1.29, 1.82) is 0 Å². The quantitative estimate of drug-likeness (QED) is 0.529. The normalized spacial score (nSPS) is 49.1. The van der Waals surface area contributed by atoms with E-state index in [1.165, 1.54) is 19.3 Å². The molecule has 0 amide bonds. The second-order valence-electron chi connectivity index (χ2n) is 9.41. The van der Waals surface area contributed by atoms with Crippen LogP contribution in [0.25, 0.3) is 0 Å². The Labute approximate surface area is 143 Å². The maximum atomic E-state index is 2.66. The van der Waals surface area contributed by atoms with Crippen molar-refractivity contribution in [3.63, 3.8) is 0 Å². The van der Waals surface area contributed by atoms with Gasteiger partial charge in [-0.05, 0) is 92.3 Å². The highest BCUT2D eigenvalue weighted by Crippen LogP contribution is 2.68. The average molecular weight is 341 g/mol. The zero-order chi connectivity index (χ0) is 15.3. The summed E-state index contributed by atoms with van der Waals surface area (Å²) in [7, 11) is 2.08. The Morgan fingerprint density at radius 2 is 1.55 bits per heavy atom. The summed E-state index contributed by atoms with van der Waals surface area (Å²) in [4.78, 5) is 0. The van der Waals surface area contributed by atoms with Gasteiger partial charge in [-0.25, -0.2) is 0 Å². The number of rotatable bonds is 3. The Bertz CT molecular complexity index is 405. The molecular weight excluding hydrogens is 304 g/mol. The molecule has 4 fully saturated rings. The van der Waals surface area contributed by atoms with E-state index in [0.29, 0.717) is 0 Å². The van der Waals surface area contributed by atoms with E-state index in [1.54, 1.807) is 44.9 Å². The largest absolute Gasteiger partial charge is 0.195 e. The van der Waals surface area contributed by atoms with Crippen LogP contribution in [-0.2, 0) is 0 Å². The lowest BCUT2D eigenvalue weighted by molar-refractivity contribution is 0.159. The van der Waals surface area contributed by atoms with Gasteiger partial charge in [-0.1, -0.05) is 26.2 Å². The zero-order valence-corrected chi connectivity index (χ0v) is 16.6. The summed E-state index contributed by atoms with van der Waals surface area (Å²) in [6.07, 6.45) is 20.9. The second kappa shape index (κ2) is 6.21. The van der Waals surface area contributed by atoms with Crippen molar-refractivity contribution in [2.24, 2.45) is 29.6 Å². The van der Waals surface area contributed by atoms with Gasteiger partial charge in [0.15, 0.2) is 0 Å². The molecule has 0 aromatic heterocycles. The molecule has 0 nitrogen and oxygen atoms in total. The SMILES string of the molecule is CC1CCC(S(C)(C)SC2CCC3CC4CCCC4CC32)C1. The zero-order valence-electron chi connectivity index (χ0n) is 14.9. The molecule has 4 rings (SSSR count). The first-order valence-corrected chi connectivity index (χ1v) is 13.8. The van der Waals surface area contributed by atoms with Crippen LogP contribution in [0.2, 0.25) is 0 Å². The summed E-state index contributed by atoms with van der Waals surface area (Å²) in [5.74, 6) is 5.50. The van der Waals surface area contributed by atoms with Crippen LogP contribution in [0.5, 0.6) is 0 Å². The molecule has 0 spiro atoms. The summed E-state index contributed by atoms with van der Waals surface area (Å²) in [5, 5.41) is 2.10. The first kappa shape index (κ1) is 16.2. The van der Waals surface area contributed by atoms with Crippen LogP contribution < -0.4 is 0 Å². The minimum atomic E-state index is -0.432. The minimum Gasteiger partial charge on any atom is -0.195 e. The molecule has 0 saturated heterocycles. The van der Waals surface area contributed by atoms with Gasteiger partial charge in [-0.2, -0.15) is 9.06 Å². The summed E-state index contributed by atoms with van der Waals surface area (Å²) in [6.45, 7) is 2.48. The van der Waals surface area contributed by atoms with E-state index < -0.39 is 9.06 Å². The average Bonchev–Trinajstić information content (AvgIpc) is 3.17. The molecule has 2 heteroatoms. The van der Waals surface area contributed by atoms with Crippen LogP contribution in [0.4, 0.5) is 0 Å². The van der Waals surface area contributed by atoms with E-state index in [2.05, 4.69) is 30.2 Å². The number of hydrogen-bond acceptors (Lipinski definition) is 1. The van der Waals surface area contributed by atoms with E-state index in [0.717, 1.165) is 40.1 Å². The van der Waals surface area contributed by atoms with Crippen molar-refractivity contribution in [1.82, 2.24) is 0 Å². The van der Waals surface area contributed by atoms with Gasteiger partial charge in [-0.3, -0.25) is 0 Å². The Kier molecular flexibility index (Phi) is 4.57. The van der Waals surface area contributed by atoms with Crippen molar-refractivity contribution in [2.45, 2.75) is 81.6 Å². The molecule has 0 bridgehead atoms. The van der Waals surface area contributed by atoms with Gasteiger partial charge in [0.25, 0.3) is 0 Å². The van der Waals surface area contributed by atoms with Crippen LogP contribution in [0, 0.1) is 29.6 Å².